The molecule has 0 radical (unpaired) electrons. The second-order valence-corrected chi connectivity index (χ2v) is 6.73. The zero-order valence-electron chi connectivity index (χ0n) is 16.9. The lowest BCUT2D eigenvalue weighted by molar-refractivity contribution is 0.0342. The highest BCUT2D eigenvalue weighted by Crippen LogP contribution is 2.29. The maximum Gasteiger partial charge on any atom is 0.157 e. The van der Waals surface area contributed by atoms with Crippen molar-refractivity contribution in [3.8, 4) is 22.6 Å². The molecule has 2 N–H and O–H groups in total. The molecule has 4 heterocycles. The third-order valence-corrected chi connectivity index (χ3v) is 4.90. The van der Waals surface area contributed by atoms with E-state index in [9.17, 15) is 0 Å². The van der Waals surface area contributed by atoms with E-state index in [4.69, 9.17) is 9.72 Å². The molecule has 4 aromatic rings. The largest absolute Gasteiger partial charge is 0.379 e. The molecule has 1 aliphatic heterocycles. The predicted molar refractivity (Wildman–Crippen MR) is 114 cm³/mol. The highest BCUT2D eigenvalue weighted by Gasteiger charge is 2.15. The van der Waals surface area contributed by atoms with Crippen LogP contribution in [0, 0.1) is 0 Å². The second kappa shape index (κ2) is 8.98. The first-order valence-corrected chi connectivity index (χ1v) is 10.1. The van der Waals surface area contributed by atoms with Crippen molar-refractivity contribution in [3.05, 3.63) is 54.5 Å². The van der Waals surface area contributed by atoms with Gasteiger partial charge in [0, 0.05) is 43.2 Å². The van der Waals surface area contributed by atoms with Crippen molar-refractivity contribution in [2.45, 2.75) is 20.4 Å². The number of H-pyrrole nitrogens is 2. The summed E-state index contributed by atoms with van der Waals surface area (Å²) in [6.07, 6.45) is 5.40. The van der Waals surface area contributed by atoms with E-state index in [1.54, 1.807) is 6.20 Å². The maximum atomic E-state index is 5.43. The minimum Gasteiger partial charge on any atom is -0.379 e. The minimum atomic E-state index is 0.782. The molecule has 7 heteroatoms. The Kier molecular flexibility index (Phi) is 5.97. The Hall–Kier alpha value is -3.03. The van der Waals surface area contributed by atoms with Crippen LogP contribution in [0.25, 0.3) is 33.7 Å². The van der Waals surface area contributed by atoms with Crippen LogP contribution >= 0.6 is 0 Å². The molecule has 0 atom stereocenters. The zero-order chi connectivity index (χ0) is 20.1. The molecular formula is C22H26N6O. The number of ether oxygens (including phenoxy) is 1. The lowest BCUT2D eigenvalue weighted by Crippen LogP contribution is -2.35. The monoisotopic (exact) mass is 390 g/mol. The second-order valence-electron chi connectivity index (χ2n) is 6.73. The van der Waals surface area contributed by atoms with Gasteiger partial charge in [0.05, 0.1) is 30.4 Å². The summed E-state index contributed by atoms with van der Waals surface area (Å²) < 4.78 is 5.43. The van der Waals surface area contributed by atoms with Crippen molar-refractivity contribution in [3.63, 3.8) is 0 Å². The highest BCUT2D eigenvalue weighted by molar-refractivity contribution is 5.83. The Morgan fingerprint density at radius 3 is 2.76 bits per heavy atom. The number of nitrogens with zero attached hydrogens (tertiary/aromatic N) is 4. The summed E-state index contributed by atoms with van der Waals surface area (Å²) in [4.78, 5) is 14.8. The van der Waals surface area contributed by atoms with E-state index in [0.29, 0.717) is 0 Å². The van der Waals surface area contributed by atoms with Crippen molar-refractivity contribution in [2.24, 2.45) is 0 Å². The summed E-state index contributed by atoms with van der Waals surface area (Å²) in [6, 6.07) is 10.3. The van der Waals surface area contributed by atoms with E-state index in [2.05, 4.69) is 43.3 Å². The van der Waals surface area contributed by atoms with Gasteiger partial charge in [0.25, 0.3) is 0 Å². The van der Waals surface area contributed by atoms with E-state index < -0.39 is 0 Å². The van der Waals surface area contributed by atoms with Crippen LogP contribution in [0.4, 0.5) is 0 Å². The van der Waals surface area contributed by atoms with Crippen LogP contribution in [0.1, 0.15) is 19.4 Å². The smallest absolute Gasteiger partial charge is 0.157 e. The Morgan fingerprint density at radius 2 is 1.97 bits per heavy atom. The van der Waals surface area contributed by atoms with E-state index in [0.717, 1.165) is 66.5 Å². The lowest BCUT2D eigenvalue weighted by Gasteiger charge is -2.26. The number of aromatic nitrogens is 5. The number of benzene rings is 1. The molecule has 150 valence electrons. The number of hydrogen-bond acceptors (Lipinski definition) is 5. The van der Waals surface area contributed by atoms with Crippen LogP contribution in [0.15, 0.2) is 48.9 Å². The van der Waals surface area contributed by atoms with Crippen LogP contribution in [0.3, 0.4) is 0 Å². The van der Waals surface area contributed by atoms with Gasteiger partial charge in [0.1, 0.15) is 5.69 Å². The summed E-state index contributed by atoms with van der Waals surface area (Å²) in [5, 5.41) is 7.28. The minimum absolute atomic E-state index is 0.782. The Balaban J connectivity index is 0.000000994. The number of fused-ring (bicyclic) bond motifs is 1. The number of imidazole rings is 1. The summed E-state index contributed by atoms with van der Waals surface area (Å²) in [5.41, 5.74) is 6.11. The fourth-order valence-electron chi connectivity index (χ4n) is 3.50. The molecule has 0 spiro atoms. The molecule has 0 aliphatic carbocycles. The number of aromatic amines is 2. The molecule has 0 bridgehead atoms. The Bertz CT molecular complexity index is 1050. The molecule has 1 aromatic carbocycles. The molecule has 0 amide bonds. The molecule has 1 aliphatic rings. The molecule has 5 rings (SSSR count). The quantitative estimate of drug-likeness (QED) is 0.553. The highest BCUT2D eigenvalue weighted by atomic mass is 16.5. The molecular weight excluding hydrogens is 364 g/mol. The molecule has 0 unspecified atom stereocenters. The van der Waals surface area contributed by atoms with E-state index >= 15 is 0 Å². The van der Waals surface area contributed by atoms with E-state index in [1.807, 2.05) is 38.4 Å². The van der Waals surface area contributed by atoms with Crippen molar-refractivity contribution in [1.82, 2.24) is 30.0 Å². The Labute approximate surface area is 170 Å². The van der Waals surface area contributed by atoms with Gasteiger partial charge in [-0.1, -0.05) is 26.0 Å². The first-order valence-electron chi connectivity index (χ1n) is 10.1. The molecule has 1 fully saturated rings. The Morgan fingerprint density at radius 1 is 1.10 bits per heavy atom. The van der Waals surface area contributed by atoms with Gasteiger partial charge in [-0.3, -0.25) is 15.0 Å². The summed E-state index contributed by atoms with van der Waals surface area (Å²) >= 11 is 0. The topological polar surface area (TPSA) is 82.7 Å². The van der Waals surface area contributed by atoms with E-state index in [-0.39, 0.29) is 0 Å². The number of morpholine rings is 1. The van der Waals surface area contributed by atoms with Gasteiger partial charge < -0.3 is 9.72 Å². The number of hydrogen-bond donors (Lipinski definition) is 2. The van der Waals surface area contributed by atoms with Crippen molar-refractivity contribution < 1.29 is 4.74 Å². The molecule has 29 heavy (non-hydrogen) atoms. The normalized spacial score (nSPS) is 14.6. The lowest BCUT2D eigenvalue weighted by atomic mass is 10.1. The van der Waals surface area contributed by atoms with Gasteiger partial charge in [-0.15, -0.1) is 0 Å². The SMILES string of the molecule is CC.c1cncc(-c2cn[nH]c2-c2nc3ccc(CN4CCOCC4)cc3[nH]2)c1. The maximum absolute atomic E-state index is 5.43. The van der Waals surface area contributed by atoms with Gasteiger partial charge in [-0.25, -0.2) is 4.98 Å². The number of pyridine rings is 1. The average molecular weight is 390 g/mol. The van der Waals surface area contributed by atoms with Gasteiger partial charge in [0.15, 0.2) is 5.82 Å². The molecule has 7 nitrogen and oxygen atoms in total. The van der Waals surface area contributed by atoms with Gasteiger partial charge >= 0.3 is 0 Å². The fourth-order valence-corrected chi connectivity index (χ4v) is 3.50. The van der Waals surface area contributed by atoms with E-state index in [1.165, 1.54) is 5.56 Å². The summed E-state index contributed by atoms with van der Waals surface area (Å²) in [7, 11) is 0. The van der Waals surface area contributed by atoms with Crippen molar-refractivity contribution in [2.75, 3.05) is 26.3 Å². The zero-order valence-corrected chi connectivity index (χ0v) is 16.9. The van der Waals surface area contributed by atoms with Crippen LogP contribution in [-0.4, -0.2) is 56.4 Å². The molecule has 0 saturated carbocycles. The van der Waals surface area contributed by atoms with Crippen LogP contribution in [0.2, 0.25) is 0 Å². The number of nitrogens with one attached hydrogen (secondary N) is 2. The third-order valence-electron chi connectivity index (χ3n) is 4.90. The summed E-state index contributed by atoms with van der Waals surface area (Å²) in [5.74, 6) is 0.782. The van der Waals surface area contributed by atoms with Crippen molar-refractivity contribution >= 4 is 11.0 Å². The third kappa shape index (κ3) is 4.21. The first kappa shape index (κ1) is 19.3. The van der Waals surface area contributed by atoms with Gasteiger partial charge in [0.2, 0.25) is 0 Å². The van der Waals surface area contributed by atoms with Crippen LogP contribution in [-0.2, 0) is 11.3 Å². The van der Waals surface area contributed by atoms with Crippen LogP contribution < -0.4 is 0 Å². The molecule has 1 saturated heterocycles. The predicted octanol–water partition coefficient (Wildman–Crippen LogP) is 3.87. The summed E-state index contributed by atoms with van der Waals surface area (Å²) in [6.45, 7) is 8.52. The molecule has 3 aromatic heterocycles. The average Bonchev–Trinajstić information content (AvgIpc) is 3.43. The van der Waals surface area contributed by atoms with Gasteiger partial charge in [-0.05, 0) is 23.8 Å². The first-order chi connectivity index (χ1) is 14.4. The van der Waals surface area contributed by atoms with Crippen LogP contribution in [0.5, 0.6) is 0 Å². The standard InChI is InChI=1S/C20H20N6O.C2H6/c1-2-15(11-21-5-1)16-12-22-25-19(16)20-23-17-4-3-14(10-18(17)24-20)13-26-6-8-27-9-7-26;1-2/h1-5,10-12H,6-9,13H2,(H,22,25)(H,23,24);1-2H3. The fraction of sp³-hybridized carbons (Fsp3) is 0.318. The van der Waals surface area contributed by atoms with Gasteiger partial charge in [-0.2, -0.15) is 5.10 Å². The van der Waals surface area contributed by atoms with Crippen molar-refractivity contribution in [1.29, 1.82) is 0 Å². The number of rotatable bonds is 4.